The molecule has 3 nitrogen and oxygen atoms in total. The van der Waals surface area contributed by atoms with E-state index in [-0.39, 0.29) is 17.8 Å². The second-order valence-corrected chi connectivity index (χ2v) is 34.0. The first-order valence-corrected chi connectivity index (χ1v) is 43.9. The van der Waals surface area contributed by atoms with Crippen molar-refractivity contribution in [1.82, 2.24) is 13.7 Å². The van der Waals surface area contributed by atoms with Gasteiger partial charge in [0.25, 0.3) is 0 Å². The van der Waals surface area contributed by atoms with Gasteiger partial charge in [0.1, 0.15) is 0 Å². The maximum atomic E-state index is 2.53. The molecule has 20 aromatic carbocycles. The Balaban J connectivity index is 0.000000137. The summed E-state index contributed by atoms with van der Waals surface area (Å²) in [5.74, 6) is 0.400. The lowest BCUT2D eigenvalue weighted by atomic mass is 9.83. The van der Waals surface area contributed by atoms with Crippen LogP contribution in [-0.4, -0.2) is 13.7 Å². The minimum atomic E-state index is 0.0958. The zero-order chi connectivity index (χ0) is 82.9. The van der Waals surface area contributed by atoms with E-state index in [9.17, 15) is 0 Å². The number of hydrogen-bond acceptors (Lipinski definition) is 0. The lowest BCUT2D eigenvalue weighted by Gasteiger charge is -2.20. The molecular weight excluding hydrogens is 1520 g/mol. The van der Waals surface area contributed by atoms with Crippen LogP contribution in [0.1, 0.15) is 67.8 Å². The molecule has 23 aromatic rings. The third-order valence-corrected chi connectivity index (χ3v) is 27.2. The van der Waals surface area contributed by atoms with Gasteiger partial charge in [-0.15, -0.1) is 0 Å². The standard InChI is InChI=1S/C62H41N.C61H40N2/c1-4-15-40(16-5-1)42-27-29-44(30-28-42)60-52-33-31-46(38-55(52)53-34-35-54-59(43-19-8-3-9-20-43)50-24-10-11-25-51(50)61(54)62(53)60)47-32-36-58-56(39-47)49-23-12-13-26-57(49)63(58)48-22-14-21-45(37-48)41-17-6-2-7-18-41;1-4-15-40(16-5-1)42-27-31-47(32-28-42)63-58-36-30-46(39-55(58)53-34-33-52-49-23-10-11-25-51(49)59(60(52)61(53)63)43-19-8-3-9-20-43)45-29-35-57-54(38-45)50-24-12-13-26-56(50)62(57)48-22-14-21-44(37-48)41-17-6-2-7-18-41/h1-39,59-60H;1-39,59H. The van der Waals surface area contributed by atoms with Crippen LogP contribution in [0.15, 0.2) is 473 Å². The van der Waals surface area contributed by atoms with Crippen molar-refractivity contribution in [1.29, 1.82) is 0 Å². The van der Waals surface area contributed by atoms with Gasteiger partial charge in [-0.2, -0.15) is 0 Å². The van der Waals surface area contributed by atoms with Crippen molar-refractivity contribution in [3.63, 3.8) is 0 Å². The average molecular weight is 1600 g/mol. The number of fused-ring (bicyclic) bond motifs is 20. The molecule has 0 saturated heterocycles. The van der Waals surface area contributed by atoms with E-state index in [1.807, 2.05) is 0 Å². The highest BCUT2D eigenvalue weighted by Crippen LogP contribution is 2.60. The van der Waals surface area contributed by atoms with Gasteiger partial charge in [0.15, 0.2) is 0 Å². The summed E-state index contributed by atoms with van der Waals surface area (Å²) in [7, 11) is 0. The fourth-order valence-corrected chi connectivity index (χ4v) is 21.5. The second kappa shape index (κ2) is 29.9. The molecule has 26 rings (SSSR count). The Kier molecular flexibility index (Phi) is 17.2. The third-order valence-electron chi connectivity index (χ3n) is 27.2. The number of benzene rings is 20. The van der Waals surface area contributed by atoms with Crippen molar-refractivity contribution < 1.29 is 0 Å². The Labute approximate surface area is 732 Å². The summed E-state index contributed by atoms with van der Waals surface area (Å²) in [4.78, 5) is 0. The van der Waals surface area contributed by atoms with Crippen LogP contribution in [-0.2, 0) is 0 Å². The van der Waals surface area contributed by atoms with Crippen LogP contribution in [0, 0.1) is 0 Å². The fraction of sp³-hybridized carbons (Fsp3) is 0.0244. The van der Waals surface area contributed by atoms with Crippen molar-refractivity contribution in [2.75, 3.05) is 0 Å². The van der Waals surface area contributed by atoms with Crippen molar-refractivity contribution in [3.05, 3.63) is 523 Å². The highest BCUT2D eigenvalue weighted by atomic mass is 15.0. The molecule has 0 N–H and O–H groups in total. The monoisotopic (exact) mass is 1600 g/mol. The SMILES string of the molecule is c1ccc(-c2ccc(-n3c4ccc(-c5ccc6c(c5)c5ccccc5n6-c5cccc(-c6ccccc6)c5)cc4c4ccc5c(c43)C(c3ccccc3)c3ccccc3-5)cc2)cc1.c1ccc(-c2ccc(C3c4ccc(-c5ccc6c(c5)c5ccccc5n6-c5cccc(-c6ccccc6)c5)cc4-c4ccc5c(c43)-c3ccccc3C5c3ccccc3)cc2)cc1. The quantitative estimate of drug-likeness (QED) is 0.116. The van der Waals surface area contributed by atoms with Gasteiger partial charge in [-0.1, -0.05) is 382 Å². The largest absolute Gasteiger partial charge is 0.309 e. The molecule has 3 heterocycles. The van der Waals surface area contributed by atoms with Crippen LogP contribution in [0.2, 0.25) is 0 Å². The number of aromatic nitrogens is 3. The maximum absolute atomic E-state index is 2.53. The molecule has 3 aromatic heterocycles. The molecule has 3 heteroatoms. The van der Waals surface area contributed by atoms with Gasteiger partial charge < -0.3 is 13.7 Å². The van der Waals surface area contributed by atoms with Gasteiger partial charge in [0, 0.05) is 67.1 Å². The van der Waals surface area contributed by atoms with Gasteiger partial charge >= 0.3 is 0 Å². The van der Waals surface area contributed by atoms with E-state index in [1.54, 1.807) is 0 Å². The Hall–Kier alpha value is -16.2. The van der Waals surface area contributed by atoms with Crippen molar-refractivity contribution in [3.8, 4) is 117 Å². The maximum Gasteiger partial charge on any atom is 0.0588 e. The Morgan fingerprint density at radius 1 is 0.151 bits per heavy atom. The Morgan fingerprint density at radius 3 is 1.03 bits per heavy atom. The topological polar surface area (TPSA) is 14.8 Å². The highest BCUT2D eigenvalue weighted by Gasteiger charge is 2.40. The van der Waals surface area contributed by atoms with Gasteiger partial charge in [0.2, 0.25) is 0 Å². The van der Waals surface area contributed by atoms with E-state index in [0.29, 0.717) is 0 Å². The van der Waals surface area contributed by atoms with E-state index >= 15 is 0 Å². The van der Waals surface area contributed by atoms with Crippen LogP contribution in [0.5, 0.6) is 0 Å². The van der Waals surface area contributed by atoms with Crippen molar-refractivity contribution in [2.24, 2.45) is 0 Å². The molecule has 0 aliphatic heterocycles. The number of hydrogen-bond donors (Lipinski definition) is 0. The molecule has 588 valence electrons. The highest BCUT2D eigenvalue weighted by molar-refractivity contribution is 6.16. The molecule has 3 atom stereocenters. The fourth-order valence-electron chi connectivity index (χ4n) is 21.5. The predicted octanol–water partition coefficient (Wildman–Crippen LogP) is 32.1. The van der Waals surface area contributed by atoms with Gasteiger partial charge in [-0.25, -0.2) is 0 Å². The molecule has 0 fully saturated rings. The second-order valence-electron chi connectivity index (χ2n) is 34.0. The smallest absolute Gasteiger partial charge is 0.0588 e. The summed E-state index contributed by atoms with van der Waals surface area (Å²) >= 11 is 0. The molecule has 3 unspecified atom stereocenters. The molecular formula is C123H81N3. The molecule has 0 amide bonds. The van der Waals surface area contributed by atoms with E-state index in [2.05, 4.69) is 487 Å². The summed E-state index contributed by atoms with van der Waals surface area (Å²) in [6.45, 7) is 0. The van der Waals surface area contributed by atoms with Crippen LogP contribution in [0.25, 0.3) is 183 Å². The van der Waals surface area contributed by atoms with Crippen LogP contribution < -0.4 is 0 Å². The molecule has 0 bridgehead atoms. The predicted molar refractivity (Wildman–Crippen MR) is 527 cm³/mol. The molecule has 3 aliphatic rings. The van der Waals surface area contributed by atoms with Gasteiger partial charge in [-0.05, 0) is 241 Å². The molecule has 3 aliphatic carbocycles. The summed E-state index contributed by atoms with van der Waals surface area (Å²) in [5.41, 5.74) is 45.7. The van der Waals surface area contributed by atoms with Crippen LogP contribution >= 0.6 is 0 Å². The Morgan fingerprint density at radius 2 is 0.492 bits per heavy atom. The number of nitrogens with zero attached hydrogens (tertiary/aromatic N) is 3. The lowest BCUT2D eigenvalue weighted by molar-refractivity contribution is 0.995. The van der Waals surface area contributed by atoms with Gasteiger partial charge in [-0.3, -0.25) is 0 Å². The molecule has 0 spiro atoms. The minimum Gasteiger partial charge on any atom is -0.309 e. The van der Waals surface area contributed by atoms with Gasteiger partial charge in [0.05, 0.1) is 33.1 Å². The number of para-hydroxylation sites is 2. The molecule has 0 radical (unpaired) electrons. The van der Waals surface area contributed by atoms with E-state index < -0.39 is 0 Å². The first-order valence-electron chi connectivity index (χ1n) is 43.9. The lowest BCUT2D eigenvalue weighted by Crippen LogP contribution is -2.03. The first-order chi connectivity index (χ1) is 62.5. The van der Waals surface area contributed by atoms with Crippen molar-refractivity contribution in [2.45, 2.75) is 17.8 Å². The summed E-state index contributed by atoms with van der Waals surface area (Å²) in [6.07, 6.45) is 0. The first kappa shape index (κ1) is 72.6. The number of rotatable bonds is 12. The minimum absolute atomic E-state index is 0.0958. The van der Waals surface area contributed by atoms with E-state index in [1.165, 1.54) is 216 Å². The summed E-state index contributed by atoms with van der Waals surface area (Å²) in [5, 5.41) is 7.52. The van der Waals surface area contributed by atoms with Crippen molar-refractivity contribution >= 4 is 65.4 Å². The zero-order valence-corrected chi connectivity index (χ0v) is 69.1. The van der Waals surface area contributed by atoms with Crippen LogP contribution in [0.3, 0.4) is 0 Å². The molecule has 0 saturated carbocycles. The zero-order valence-electron chi connectivity index (χ0n) is 69.1. The Bertz CT molecular complexity index is 8220. The summed E-state index contributed by atoms with van der Waals surface area (Å²) in [6, 6.07) is 175. The normalized spacial score (nSPS) is 14.0. The summed E-state index contributed by atoms with van der Waals surface area (Å²) < 4.78 is 7.38. The van der Waals surface area contributed by atoms with Crippen LogP contribution in [0.4, 0.5) is 0 Å². The van der Waals surface area contributed by atoms with E-state index in [4.69, 9.17) is 0 Å². The van der Waals surface area contributed by atoms with E-state index in [0.717, 1.165) is 17.1 Å². The third kappa shape index (κ3) is 11.9. The average Bonchev–Trinajstić information content (AvgIpc) is 1.55. The molecule has 126 heavy (non-hydrogen) atoms.